The van der Waals surface area contributed by atoms with Crippen LogP contribution in [-0.4, -0.2) is 30.6 Å². The number of halogens is 2. The molecule has 130 valence electrons. The van der Waals surface area contributed by atoms with Gasteiger partial charge in [-0.3, -0.25) is 9.69 Å². The molecule has 0 aromatic heterocycles. The molecular weight excluding hydrogens is 347 g/mol. The zero-order chi connectivity index (χ0) is 18.0. The Morgan fingerprint density at radius 2 is 2.04 bits per heavy atom. The van der Waals surface area contributed by atoms with Crippen molar-refractivity contribution in [2.75, 3.05) is 19.0 Å². The molecule has 0 fully saturated rings. The van der Waals surface area contributed by atoms with Gasteiger partial charge in [-0.1, -0.05) is 35.9 Å². The molecule has 0 saturated heterocycles. The lowest BCUT2D eigenvalue weighted by Gasteiger charge is -2.35. The maximum Gasteiger partial charge on any atom is 0.410 e. The van der Waals surface area contributed by atoms with Crippen molar-refractivity contribution in [1.82, 2.24) is 4.90 Å². The van der Waals surface area contributed by atoms with E-state index in [2.05, 4.69) is 5.32 Å². The van der Waals surface area contributed by atoms with E-state index in [0.717, 1.165) is 11.1 Å². The van der Waals surface area contributed by atoms with Crippen LogP contribution >= 0.6 is 11.6 Å². The van der Waals surface area contributed by atoms with Crippen LogP contribution in [0.1, 0.15) is 17.2 Å². The van der Waals surface area contributed by atoms with E-state index >= 15 is 0 Å². The molecular formula is C18H16ClFN2O3. The van der Waals surface area contributed by atoms with Gasteiger partial charge in [-0.2, -0.15) is 0 Å². The van der Waals surface area contributed by atoms with Gasteiger partial charge < -0.3 is 10.1 Å². The molecule has 1 N–H and O–H groups in total. The minimum Gasteiger partial charge on any atom is -0.453 e. The highest BCUT2D eigenvalue weighted by Gasteiger charge is 2.36. The number of fused-ring (bicyclic) bond motifs is 1. The SMILES string of the molecule is COC(=O)N1CCc2ccccc2[C@@H]1C(=O)Nc1ccc(F)c(Cl)c1. The molecule has 0 bridgehead atoms. The number of hydrogen-bond donors (Lipinski definition) is 1. The Hall–Kier alpha value is -2.60. The Labute approximate surface area is 149 Å². The van der Waals surface area contributed by atoms with E-state index in [1.807, 2.05) is 24.3 Å². The summed E-state index contributed by atoms with van der Waals surface area (Å²) in [4.78, 5) is 26.3. The van der Waals surface area contributed by atoms with E-state index in [1.165, 1.54) is 30.2 Å². The third-order valence-corrected chi connectivity index (χ3v) is 4.42. The third-order valence-electron chi connectivity index (χ3n) is 4.13. The van der Waals surface area contributed by atoms with E-state index in [0.29, 0.717) is 18.7 Å². The first-order valence-corrected chi connectivity index (χ1v) is 8.07. The summed E-state index contributed by atoms with van der Waals surface area (Å²) in [7, 11) is 1.28. The number of rotatable bonds is 2. The highest BCUT2D eigenvalue weighted by atomic mass is 35.5. The lowest BCUT2D eigenvalue weighted by atomic mass is 9.92. The summed E-state index contributed by atoms with van der Waals surface area (Å²) in [6.07, 6.45) is 0.0593. The summed E-state index contributed by atoms with van der Waals surface area (Å²) >= 11 is 5.75. The van der Waals surface area contributed by atoms with Gasteiger partial charge in [-0.15, -0.1) is 0 Å². The summed E-state index contributed by atoms with van der Waals surface area (Å²) in [6, 6.07) is 10.5. The fourth-order valence-corrected chi connectivity index (χ4v) is 3.13. The van der Waals surface area contributed by atoms with Gasteiger partial charge in [-0.05, 0) is 35.7 Å². The number of carbonyl (C=O) groups excluding carboxylic acids is 2. The first-order valence-electron chi connectivity index (χ1n) is 7.69. The van der Waals surface area contributed by atoms with Crippen molar-refractivity contribution in [2.24, 2.45) is 0 Å². The minimum atomic E-state index is -0.832. The number of methoxy groups -OCH3 is 1. The van der Waals surface area contributed by atoms with Crippen LogP contribution in [0.15, 0.2) is 42.5 Å². The zero-order valence-corrected chi connectivity index (χ0v) is 14.2. The highest BCUT2D eigenvalue weighted by molar-refractivity contribution is 6.31. The largest absolute Gasteiger partial charge is 0.453 e. The molecule has 0 radical (unpaired) electrons. The van der Waals surface area contributed by atoms with Crippen molar-refractivity contribution in [1.29, 1.82) is 0 Å². The van der Waals surface area contributed by atoms with Crippen LogP contribution in [0.5, 0.6) is 0 Å². The van der Waals surface area contributed by atoms with Gasteiger partial charge in [0.05, 0.1) is 12.1 Å². The maximum atomic E-state index is 13.3. The smallest absolute Gasteiger partial charge is 0.410 e. The summed E-state index contributed by atoms with van der Waals surface area (Å²) in [5, 5.41) is 2.60. The van der Waals surface area contributed by atoms with Crippen molar-refractivity contribution >= 4 is 29.3 Å². The van der Waals surface area contributed by atoms with Gasteiger partial charge in [0.1, 0.15) is 11.9 Å². The van der Waals surface area contributed by atoms with Crippen LogP contribution in [0.2, 0.25) is 5.02 Å². The first kappa shape index (κ1) is 17.2. The van der Waals surface area contributed by atoms with Gasteiger partial charge in [0.25, 0.3) is 5.91 Å². The fraction of sp³-hybridized carbons (Fsp3) is 0.222. The molecule has 0 unspecified atom stereocenters. The van der Waals surface area contributed by atoms with Crippen LogP contribution in [0, 0.1) is 5.82 Å². The van der Waals surface area contributed by atoms with Crippen LogP contribution < -0.4 is 5.32 Å². The monoisotopic (exact) mass is 362 g/mol. The number of benzene rings is 2. The van der Waals surface area contributed by atoms with E-state index in [4.69, 9.17) is 16.3 Å². The molecule has 1 aliphatic rings. The fourth-order valence-electron chi connectivity index (χ4n) is 2.95. The number of anilines is 1. The average molecular weight is 363 g/mol. The predicted molar refractivity (Wildman–Crippen MR) is 92.0 cm³/mol. The molecule has 3 rings (SSSR count). The summed E-state index contributed by atoms with van der Waals surface area (Å²) in [5.74, 6) is -0.987. The number of carbonyl (C=O) groups is 2. The third kappa shape index (κ3) is 3.44. The number of amides is 2. The Balaban J connectivity index is 1.93. The second-order valence-electron chi connectivity index (χ2n) is 5.63. The molecule has 5 nitrogen and oxygen atoms in total. The van der Waals surface area contributed by atoms with E-state index < -0.39 is 23.9 Å². The molecule has 2 aromatic carbocycles. The molecule has 25 heavy (non-hydrogen) atoms. The number of ether oxygens (including phenoxy) is 1. The van der Waals surface area contributed by atoms with E-state index in [9.17, 15) is 14.0 Å². The molecule has 0 aliphatic carbocycles. The molecule has 0 saturated carbocycles. The van der Waals surface area contributed by atoms with Crippen LogP contribution in [-0.2, 0) is 16.0 Å². The van der Waals surface area contributed by atoms with Crippen LogP contribution in [0.4, 0.5) is 14.9 Å². The quantitative estimate of drug-likeness (QED) is 0.884. The lowest BCUT2D eigenvalue weighted by molar-refractivity contribution is -0.121. The first-order chi connectivity index (χ1) is 12.0. The molecule has 1 aliphatic heterocycles. The lowest BCUT2D eigenvalue weighted by Crippen LogP contribution is -2.45. The summed E-state index contributed by atoms with van der Waals surface area (Å²) < 4.78 is 18.1. The Morgan fingerprint density at radius 3 is 2.76 bits per heavy atom. The number of hydrogen-bond acceptors (Lipinski definition) is 3. The number of nitrogens with one attached hydrogen (secondary N) is 1. The van der Waals surface area contributed by atoms with Gasteiger partial charge in [-0.25, -0.2) is 9.18 Å². The topological polar surface area (TPSA) is 58.6 Å². The Bertz CT molecular complexity index is 828. The molecule has 1 heterocycles. The van der Waals surface area contributed by atoms with Crippen molar-refractivity contribution in [2.45, 2.75) is 12.5 Å². The van der Waals surface area contributed by atoms with Crippen LogP contribution in [0.3, 0.4) is 0 Å². The van der Waals surface area contributed by atoms with Gasteiger partial charge in [0.15, 0.2) is 0 Å². The summed E-state index contributed by atoms with van der Waals surface area (Å²) in [5.41, 5.74) is 2.09. The molecule has 2 aromatic rings. The molecule has 0 spiro atoms. The van der Waals surface area contributed by atoms with Gasteiger partial charge >= 0.3 is 6.09 Å². The van der Waals surface area contributed by atoms with Gasteiger partial charge in [0.2, 0.25) is 0 Å². The van der Waals surface area contributed by atoms with Crippen molar-refractivity contribution < 1.29 is 18.7 Å². The molecule has 1 atom stereocenters. The maximum absolute atomic E-state index is 13.3. The van der Waals surface area contributed by atoms with Crippen molar-refractivity contribution in [3.63, 3.8) is 0 Å². The second-order valence-corrected chi connectivity index (χ2v) is 6.04. The normalized spacial score (nSPS) is 16.1. The number of nitrogens with zero attached hydrogens (tertiary/aromatic N) is 1. The van der Waals surface area contributed by atoms with Gasteiger partial charge in [0, 0.05) is 12.2 Å². The highest BCUT2D eigenvalue weighted by Crippen LogP contribution is 2.31. The minimum absolute atomic E-state index is 0.0910. The van der Waals surface area contributed by atoms with E-state index in [1.54, 1.807) is 0 Å². The average Bonchev–Trinajstić information content (AvgIpc) is 2.63. The second kappa shape index (κ2) is 7.11. The standard InChI is InChI=1S/C18H16ClFN2O3/c1-25-18(24)22-9-8-11-4-2-3-5-13(11)16(22)17(23)21-12-6-7-15(20)14(19)10-12/h2-7,10,16H,8-9H2,1H3,(H,21,23)/t16-/m1/s1. The Kier molecular flexibility index (Phi) is 4.90. The van der Waals surface area contributed by atoms with Crippen LogP contribution in [0.25, 0.3) is 0 Å². The molecule has 2 amide bonds. The predicted octanol–water partition coefficient (Wildman–Crippen LogP) is 3.78. The van der Waals surface area contributed by atoms with Crippen molar-refractivity contribution in [3.05, 3.63) is 64.4 Å². The van der Waals surface area contributed by atoms with Crippen molar-refractivity contribution in [3.8, 4) is 0 Å². The Morgan fingerprint density at radius 1 is 1.28 bits per heavy atom. The molecule has 7 heteroatoms. The zero-order valence-electron chi connectivity index (χ0n) is 13.5. The summed E-state index contributed by atoms with van der Waals surface area (Å²) in [6.45, 7) is 0.367. The van der Waals surface area contributed by atoms with E-state index in [-0.39, 0.29) is 5.02 Å².